The number of amides is 1. The number of ether oxygens (including phenoxy) is 1. The van der Waals surface area contributed by atoms with E-state index in [2.05, 4.69) is 36.3 Å². The van der Waals surface area contributed by atoms with Crippen LogP contribution < -0.4 is 5.32 Å². The Morgan fingerprint density at radius 3 is 2.81 bits per heavy atom. The monoisotopic (exact) mass is 421 g/mol. The van der Waals surface area contributed by atoms with Gasteiger partial charge in [0, 0.05) is 11.6 Å². The highest BCUT2D eigenvalue weighted by Crippen LogP contribution is 2.18. The maximum atomic E-state index is 13.5. The van der Waals surface area contributed by atoms with E-state index < -0.39 is 17.5 Å². The van der Waals surface area contributed by atoms with Gasteiger partial charge in [-0.3, -0.25) is 4.98 Å². The Balaban J connectivity index is 1.80. The van der Waals surface area contributed by atoms with Crippen molar-refractivity contribution < 1.29 is 13.9 Å². The van der Waals surface area contributed by atoms with Crippen molar-refractivity contribution in [1.82, 2.24) is 25.1 Å². The second-order valence-corrected chi connectivity index (χ2v) is 7.36. The van der Waals surface area contributed by atoms with Gasteiger partial charge in [0.05, 0.1) is 24.0 Å². The summed E-state index contributed by atoms with van der Waals surface area (Å²) in [5.74, 6) is 0.00299. The van der Waals surface area contributed by atoms with Crippen molar-refractivity contribution >= 4 is 32.9 Å². The van der Waals surface area contributed by atoms with Crippen LogP contribution in [0.1, 0.15) is 26.5 Å². The van der Waals surface area contributed by atoms with Crippen molar-refractivity contribution in [3.05, 3.63) is 46.7 Å². The van der Waals surface area contributed by atoms with E-state index in [1.165, 1.54) is 10.9 Å². The zero-order valence-electron chi connectivity index (χ0n) is 14.5. The molecule has 0 saturated heterocycles. The Labute approximate surface area is 157 Å². The van der Waals surface area contributed by atoms with Gasteiger partial charge in [-0.05, 0) is 54.9 Å². The molecule has 0 radical (unpaired) electrons. The third-order valence-corrected chi connectivity index (χ3v) is 3.83. The number of rotatable bonds is 3. The average Bonchev–Trinajstić information content (AvgIpc) is 2.90. The fourth-order valence-electron chi connectivity index (χ4n) is 2.20. The van der Waals surface area contributed by atoms with Gasteiger partial charge < -0.3 is 10.1 Å². The molecule has 0 aliphatic rings. The number of fused-ring (bicyclic) bond motifs is 1. The molecule has 0 unspecified atom stereocenters. The molecule has 3 aromatic heterocycles. The van der Waals surface area contributed by atoms with E-state index in [0.29, 0.717) is 17.0 Å². The van der Waals surface area contributed by atoms with Crippen molar-refractivity contribution in [3.8, 4) is 5.82 Å². The molecule has 9 heteroatoms. The quantitative estimate of drug-likeness (QED) is 0.696. The van der Waals surface area contributed by atoms with Gasteiger partial charge in [0.15, 0.2) is 16.2 Å². The molecule has 3 rings (SSSR count). The van der Waals surface area contributed by atoms with Crippen molar-refractivity contribution in [3.63, 3.8) is 0 Å². The lowest BCUT2D eigenvalue weighted by Crippen LogP contribution is -2.32. The fraction of sp³-hybridized carbons (Fsp3) is 0.294. The van der Waals surface area contributed by atoms with E-state index >= 15 is 0 Å². The number of pyridine rings is 2. The van der Waals surface area contributed by atoms with Crippen LogP contribution in [0.3, 0.4) is 0 Å². The van der Waals surface area contributed by atoms with Gasteiger partial charge in [-0.1, -0.05) is 0 Å². The van der Waals surface area contributed by atoms with Crippen molar-refractivity contribution in [2.75, 3.05) is 0 Å². The fourth-order valence-corrected chi connectivity index (χ4v) is 2.47. The van der Waals surface area contributed by atoms with Gasteiger partial charge >= 0.3 is 6.09 Å². The number of hydrogen-bond donors (Lipinski definition) is 1. The molecule has 0 aromatic carbocycles. The zero-order valence-corrected chi connectivity index (χ0v) is 16.0. The van der Waals surface area contributed by atoms with Crippen LogP contribution in [0.2, 0.25) is 0 Å². The molecule has 0 spiro atoms. The van der Waals surface area contributed by atoms with Crippen LogP contribution in [0.25, 0.3) is 16.7 Å². The predicted octanol–water partition coefficient (Wildman–Crippen LogP) is 3.74. The van der Waals surface area contributed by atoms with E-state index in [-0.39, 0.29) is 11.1 Å². The van der Waals surface area contributed by atoms with Crippen LogP contribution >= 0.6 is 15.9 Å². The first-order chi connectivity index (χ1) is 12.2. The first kappa shape index (κ1) is 18.2. The Kier molecular flexibility index (Phi) is 4.90. The smallest absolute Gasteiger partial charge is 0.407 e. The minimum atomic E-state index is -0.565. The van der Waals surface area contributed by atoms with Gasteiger partial charge in [0.1, 0.15) is 5.60 Å². The number of alkyl carbamates (subject to hydrolysis) is 1. The molecule has 1 amide bonds. The summed E-state index contributed by atoms with van der Waals surface area (Å²) in [5.41, 5.74) is 0.719. The maximum Gasteiger partial charge on any atom is 0.407 e. The van der Waals surface area contributed by atoms with E-state index in [9.17, 15) is 9.18 Å². The van der Waals surface area contributed by atoms with Gasteiger partial charge in [-0.25, -0.2) is 18.9 Å². The molecule has 0 atom stereocenters. The number of hydrogen-bond acceptors (Lipinski definition) is 5. The number of carbonyl (C=O) groups excluding carboxylic acids is 1. The first-order valence-electron chi connectivity index (χ1n) is 7.85. The highest BCUT2D eigenvalue weighted by molar-refractivity contribution is 9.10. The third-order valence-electron chi connectivity index (χ3n) is 3.29. The highest BCUT2D eigenvalue weighted by atomic mass is 79.9. The Bertz CT molecular complexity index is 948. The van der Waals surface area contributed by atoms with Crippen molar-refractivity contribution in [1.29, 1.82) is 0 Å². The largest absolute Gasteiger partial charge is 0.444 e. The standard InChI is InChI=1S/C17H17BrFN5O2/c1-17(2,3)26-16(25)21-8-11-6-13-10(7-20-11)4-5-14(22-13)24-9-12(19)15(18)23-24/h4-7,9H,8H2,1-3H3,(H,21,25). The molecule has 1 N–H and O–H groups in total. The molecule has 0 bridgehead atoms. The number of aromatic nitrogens is 4. The molecule has 0 saturated carbocycles. The van der Waals surface area contributed by atoms with E-state index in [1.807, 2.05) is 6.07 Å². The summed E-state index contributed by atoms with van der Waals surface area (Å²) in [6.07, 6.45) is 2.39. The Hall–Kier alpha value is -2.55. The van der Waals surface area contributed by atoms with Gasteiger partial charge in [0.2, 0.25) is 0 Å². The lowest BCUT2D eigenvalue weighted by Gasteiger charge is -2.19. The van der Waals surface area contributed by atoms with Crippen LogP contribution in [0.4, 0.5) is 9.18 Å². The summed E-state index contributed by atoms with van der Waals surface area (Å²) in [7, 11) is 0. The Morgan fingerprint density at radius 2 is 2.15 bits per heavy atom. The number of carbonyl (C=O) groups is 1. The van der Waals surface area contributed by atoms with Crippen LogP contribution in [0.15, 0.2) is 35.2 Å². The average molecular weight is 422 g/mol. The summed E-state index contributed by atoms with van der Waals surface area (Å²) in [4.78, 5) is 20.5. The predicted molar refractivity (Wildman–Crippen MR) is 97.4 cm³/mol. The Morgan fingerprint density at radius 1 is 1.38 bits per heavy atom. The van der Waals surface area contributed by atoms with E-state index in [4.69, 9.17) is 4.74 Å². The van der Waals surface area contributed by atoms with Crippen molar-refractivity contribution in [2.24, 2.45) is 0 Å². The summed E-state index contributed by atoms with van der Waals surface area (Å²) in [5, 5.41) is 7.48. The van der Waals surface area contributed by atoms with Crippen LogP contribution in [-0.4, -0.2) is 31.4 Å². The van der Waals surface area contributed by atoms with Crippen molar-refractivity contribution in [2.45, 2.75) is 32.9 Å². The van der Waals surface area contributed by atoms with E-state index in [1.54, 1.807) is 39.1 Å². The minimum Gasteiger partial charge on any atom is -0.444 e. The van der Waals surface area contributed by atoms with Gasteiger partial charge in [-0.2, -0.15) is 5.10 Å². The second-order valence-electron chi connectivity index (χ2n) is 6.61. The van der Waals surface area contributed by atoms with Crippen LogP contribution in [0.5, 0.6) is 0 Å². The molecular formula is C17H17BrFN5O2. The molecule has 3 heterocycles. The maximum absolute atomic E-state index is 13.5. The van der Waals surface area contributed by atoms with Gasteiger partial charge in [-0.15, -0.1) is 0 Å². The summed E-state index contributed by atoms with van der Waals surface area (Å²) < 4.78 is 20.1. The molecule has 136 valence electrons. The SMILES string of the molecule is CC(C)(C)OC(=O)NCc1cc2nc(-n3cc(F)c(Br)n3)ccc2cn1. The number of halogens is 2. The molecule has 0 fully saturated rings. The second kappa shape index (κ2) is 6.99. The lowest BCUT2D eigenvalue weighted by molar-refractivity contribution is 0.0523. The number of nitrogens with one attached hydrogen (secondary N) is 1. The summed E-state index contributed by atoms with van der Waals surface area (Å²) in [6.45, 7) is 5.59. The van der Waals surface area contributed by atoms with Crippen LogP contribution in [-0.2, 0) is 11.3 Å². The third kappa shape index (κ3) is 4.34. The van der Waals surface area contributed by atoms with Gasteiger partial charge in [0.25, 0.3) is 0 Å². The zero-order chi connectivity index (χ0) is 18.9. The molecule has 0 aliphatic heterocycles. The molecule has 26 heavy (non-hydrogen) atoms. The summed E-state index contributed by atoms with van der Waals surface area (Å²) in [6, 6.07) is 5.30. The topological polar surface area (TPSA) is 81.9 Å². The molecule has 3 aromatic rings. The summed E-state index contributed by atoms with van der Waals surface area (Å²) >= 11 is 3.03. The highest BCUT2D eigenvalue weighted by Gasteiger charge is 2.16. The normalized spacial score (nSPS) is 11.6. The first-order valence-corrected chi connectivity index (χ1v) is 8.64. The number of nitrogens with zero attached hydrogens (tertiary/aromatic N) is 4. The van der Waals surface area contributed by atoms with E-state index in [0.717, 1.165) is 5.39 Å². The van der Waals surface area contributed by atoms with Crippen LogP contribution in [0, 0.1) is 5.82 Å². The lowest BCUT2D eigenvalue weighted by atomic mass is 10.2. The molecule has 0 aliphatic carbocycles. The molecular weight excluding hydrogens is 405 g/mol. The molecule has 7 nitrogen and oxygen atoms in total. The minimum absolute atomic E-state index is 0.122.